The van der Waals surface area contributed by atoms with Gasteiger partial charge in [0.15, 0.2) is 0 Å². The average Bonchev–Trinajstić information content (AvgIpc) is 2.09. The molecule has 0 aliphatic heterocycles. The van der Waals surface area contributed by atoms with Crippen molar-refractivity contribution < 1.29 is 8.78 Å². The van der Waals surface area contributed by atoms with Gasteiger partial charge in [0.25, 0.3) is 0 Å². The van der Waals surface area contributed by atoms with Crippen LogP contribution >= 0.6 is 11.6 Å². The lowest BCUT2D eigenvalue weighted by Gasteiger charge is -2.04. The SMILES string of the molecule is NCCCCc1c(F)cc(Cl)cc1F. The van der Waals surface area contributed by atoms with E-state index in [-0.39, 0.29) is 10.6 Å². The summed E-state index contributed by atoms with van der Waals surface area (Å²) in [5.41, 5.74) is 5.38. The maximum atomic E-state index is 13.2. The van der Waals surface area contributed by atoms with E-state index in [1.165, 1.54) is 0 Å². The standard InChI is InChI=1S/C10H12ClF2N/c11-7-5-9(12)8(10(13)6-7)3-1-2-4-14/h5-6H,1-4,14H2. The van der Waals surface area contributed by atoms with Crippen LogP contribution in [0.5, 0.6) is 0 Å². The van der Waals surface area contributed by atoms with E-state index in [4.69, 9.17) is 17.3 Å². The van der Waals surface area contributed by atoms with E-state index in [0.29, 0.717) is 19.4 Å². The number of rotatable bonds is 4. The highest BCUT2D eigenvalue weighted by Crippen LogP contribution is 2.20. The minimum absolute atomic E-state index is 0.0857. The summed E-state index contributed by atoms with van der Waals surface area (Å²) in [7, 11) is 0. The monoisotopic (exact) mass is 219 g/mol. The summed E-state index contributed by atoms with van der Waals surface area (Å²) in [6.45, 7) is 0.539. The zero-order chi connectivity index (χ0) is 10.6. The minimum Gasteiger partial charge on any atom is -0.330 e. The highest BCUT2D eigenvalue weighted by Gasteiger charge is 2.09. The van der Waals surface area contributed by atoms with Crippen molar-refractivity contribution in [3.63, 3.8) is 0 Å². The van der Waals surface area contributed by atoms with Crippen LogP contribution in [0.2, 0.25) is 5.02 Å². The molecule has 1 rings (SSSR count). The predicted octanol–water partition coefficient (Wildman–Crippen LogP) is 2.90. The third-order valence-electron chi connectivity index (χ3n) is 1.99. The summed E-state index contributed by atoms with van der Waals surface area (Å²) in [5.74, 6) is -1.15. The second kappa shape index (κ2) is 5.27. The van der Waals surface area contributed by atoms with Gasteiger partial charge in [0.2, 0.25) is 0 Å². The van der Waals surface area contributed by atoms with Crippen LogP contribution in [0.25, 0.3) is 0 Å². The van der Waals surface area contributed by atoms with E-state index < -0.39 is 11.6 Å². The number of halogens is 3. The molecule has 2 N–H and O–H groups in total. The molecule has 0 aliphatic rings. The topological polar surface area (TPSA) is 26.0 Å². The van der Waals surface area contributed by atoms with Crippen LogP contribution in [-0.4, -0.2) is 6.54 Å². The Hall–Kier alpha value is -0.670. The first-order valence-electron chi connectivity index (χ1n) is 4.48. The smallest absolute Gasteiger partial charge is 0.130 e. The Labute approximate surface area is 86.9 Å². The van der Waals surface area contributed by atoms with Gasteiger partial charge >= 0.3 is 0 Å². The number of nitrogens with two attached hydrogens (primary N) is 1. The quantitative estimate of drug-likeness (QED) is 0.775. The van der Waals surface area contributed by atoms with Crippen molar-refractivity contribution in [2.24, 2.45) is 5.73 Å². The van der Waals surface area contributed by atoms with Gasteiger partial charge in [-0.05, 0) is 37.9 Å². The minimum atomic E-state index is -0.577. The van der Waals surface area contributed by atoms with Gasteiger partial charge in [-0.15, -0.1) is 0 Å². The first kappa shape index (κ1) is 11.4. The molecule has 0 unspecified atom stereocenters. The van der Waals surface area contributed by atoms with Gasteiger partial charge in [-0.1, -0.05) is 11.6 Å². The summed E-state index contributed by atoms with van der Waals surface area (Å²) in [6.07, 6.45) is 1.82. The van der Waals surface area contributed by atoms with E-state index in [9.17, 15) is 8.78 Å². The first-order valence-corrected chi connectivity index (χ1v) is 4.86. The number of hydrogen-bond donors (Lipinski definition) is 1. The van der Waals surface area contributed by atoms with E-state index in [1.807, 2.05) is 0 Å². The number of unbranched alkanes of at least 4 members (excludes halogenated alkanes) is 1. The molecule has 0 heterocycles. The molecule has 1 aromatic carbocycles. The molecule has 0 bridgehead atoms. The Morgan fingerprint density at radius 3 is 2.21 bits per heavy atom. The molecule has 0 fully saturated rings. The summed E-state index contributed by atoms with van der Waals surface area (Å²) in [4.78, 5) is 0. The van der Waals surface area contributed by atoms with Crippen molar-refractivity contribution in [2.75, 3.05) is 6.54 Å². The van der Waals surface area contributed by atoms with Gasteiger partial charge in [0, 0.05) is 10.6 Å². The van der Waals surface area contributed by atoms with Crippen LogP contribution in [0.15, 0.2) is 12.1 Å². The molecule has 0 amide bonds. The number of benzene rings is 1. The summed E-state index contributed by atoms with van der Waals surface area (Å²) >= 11 is 5.48. The molecule has 1 nitrogen and oxygen atoms in total. The highest BCUT2D eigenvalue weighted by molar-refractivity contribution is 6.30. The van der Waals surface area contributed by atoms with Gasteiger partial charge in [-0.2, -0.15) is 0 Å². The van der Waals surface area contributed by atoms with Crippen LogP contribution in [0.1, 0.15) is 18.4 Å². The van der Waals surface area contributed by atoms with Crippen LogP contribution < -0.4 is 5.73 Å². The molecule has 0 saturated heterocycles. The normalized spacial score (nSPS) is 10.6. The summed E-state index contributed by atoms with van der Waals surface area (Å²) < 4.78 is 26.4. The first-order chi connectivity index (χ1) is 6.65. The van der Waals surface area contributed by atoms with Crippen LogP contribution in [0, 0.1) is 11.6 Å². The van der Waals surface area contributed by atoms with E-state index in [1.54, 1.807) is 0 Å². The molecular formula is C10H12ClF2N. The molecule has 0 saturated carbocycles. The Bertz CT molecular complexity index is 292. The largest absolute Gasteiger partial charge is 0.330 e. The Balaban J connectivity index is 2.75. The fourth-order valence-electron chi connectivity index (χ4n) is 1.26. The lowest BCUT2D eigenvalue weighted by molar-refractivity contribution is 0.547. The van der Waals surface area contributed by atoms with Gasteiger partial charge < -0.3 is 5.73 Å². The Morgan fingerprint density at radius 1 is 1.14 bits per heavy atom. The van der Waals surface area contributed by atoms with E-state index in [2.05, 4.69) is 0 Å². The molecule has 0 atom stereocenters. The Kier molecular flexibility index (Phi) is 4.29. The van der Waals surface area contributed by atoms with Crippen molar-refractivity contribution in [3.05, 3.63) is 34.4 Å². The molecular weight excluding hydrogens is 208 g/mol. The molecule has 4 heteroatoms. The fourth-order valence-corrected chi connectivity index (χ4v) is 1.45. The van der Waals surface area contributed by atoms with Gasteiger partial charge in [0.1, 0.15) is 11.6 Å². The van der Waals surface area contributed by atoms with Crippen molar-refractivity contribution in [1.29, 1.82) is 0 Å². The zero-order valence-electron chi connectivity index (χ0n) is 7.69. The van der Waals surface area contributed by atoms with Crippen LogP contribution in [0.4, 0.5) is 8.78 Å². The molecule has 0 aromatic heterocycles. The van der Waals surface area contributed by atoms with Crippen molar-refractivity contribution >= 4 is 11.6 Å². The van der Waals surface area contributed by atoms with Crippen LogP contribution in [0.3, 0.4) is 0 Å². The van der Waals surface area contributed by atoms with E-state index >= 15 is 0 Å². The summed E-state index contributed by atoms with van der Waals surface area (Å²) in [6, 6.07) is 2.25. The molecule has 78 valence electrons. The fraction of sp³-hybridized carbons (Fsp3) is 0.400. The van der Waals surface area contributed by atoms with Crippen molar-refractivity contribution in [3.8, 4) is 0 Å². The number of hydrogen-bond acceptors (Lipinski definition) is 1. The Morgan fingerprint density at radius 2 is 1.71 bits per heavy atom. The third-order valence-corrected chi connectivity index (χ3v) is 2.20. The second-order valence-corrected chi connectivity index (χ2v) is 3.53. The lowest BCUT2D eigenvalue weighted by Crippen LogP contribution is -2.01. The third kappa shape index (κ3) is 2.93. The van der Waals surface area contributed by atoms with E-state index in [0.717, 1.165) is 18.6 Å². The predicted molar refractivity (Wildman–Crippen MR) is 53.4 cm³/mol. The molecule has 0 spiro atoms. The second-order valence-electron chi connectivity index (χ2n) is 3.09. The highest BCUT2D eigenvalue weighted by atomic mass is 35.5. The van der Waals surface area contributed by atoms with Crippen molar-refractivity contribution in [1.82, 2.24) is 0 Å². The maximum absolute atomic E-state index is 13.2. The molecule has 0 aliphatic carbocycles. The van der Waals surface area contributed by atoms with Gasteiger partial charge in [-0.25, -0.2) is 8.78 Å². The molecule has 1 aromatic rings. The maximum Gasteiger partial charge on any atom is 0.130 e. The zero-order valence-corrected chi connectivity index (χ0v) is 8.45. The van der Waals surface area contributed by atoms with Crippen molar-refractivity contribution in [2.45, 2.75) is 19.3 Å². The average molecular weight is 220 g/mol. The van der Waals surface area contributed by atoms with Crippen LogP contribution in [-0.2, 0) is 6.42 Å². The van der Waals surface area contributed by atoms with Gasteiger partial charge in [-0.3, -0.25) is 0 Å². The lowest BCUT2D eigenvalue weighted by atomic mass is 10.1. The van der Waals surface area contributed by atoms with Gasteiger partial charge in [0.05, 0.1) is 0 Å². The summed E-state index contributed by atoms with van der Waals surface area (Å²) in [5, 5.41) is 0.0857. The molecule has 0 radical (unpaired) electrons. The molecule has 14 heavy (non-hydrogen) atoms.